The molecule has 1 aliphatic heterocycles. The summed E-state index contributed by atoms with van der Waals surface area (Å²) in [6, 6.07) is 24.1. The van der Waals surface area contributed by atoms with Gasteiger partial charge in [-0.25, -0.2) is 0 Å². The van der Waals surface area contributed by atoms with Crippen molar-refractivity contribution in [3.8, 4) is 23.3 Å². The molecule has 0 saturated carbocycles. The van der Waals surface area contributed by atoms with E-state index in [-0.39, 0.29) is 12.0 Å². The van der Waals surface area contributed by atoms with Crippen LogP contribution in [0.2, 0.25) is 0 Å². The van der Waals surface area contributed by atoms with Crippen LogP contribution in [0.5, 0.6) is 17.2 Å². The Balaban J connectivity index is 1.23. The molecule has 0 amide bonds. The predicted octanol–water partition coefficient (Wildman–Crippen LogP) is 5.63. The average Bonchev–Trinajstić information content (AvgIpc) is 3.04. The quantitative estimate of drug-likeness (QED) is 0.208. The van der Waals surface area contributed by atoms with Gasteiger partial charge in [0.1, 0.15) is 23.3 Å². The van der Waals surface area contributed by atoms with Crippen molar-refractivity contribution in [3.63, 3.8) is 0 Å². The number of nitrogens with one attached hydrogen (secondary N) is 1. The maximum absolute atomic E-state index is 9.45. The minimum atomic E-state index is 0.0348. The molecule has 224 valence electrons. The number of hydrogen-bond donors (Lipinski definition) is 1. The molecule has 1 fully saturated rings. The van der Waals surface area contributed by atoms with E-state index in [2.05, 4.69) is 23.5 Å². The highest BCUT2D eigenvalue weighted by Crippen LogP contribution is 2.30. The fourth-order valence-electron chi connectivity index (χ4n) is 5.01. The molecule has 4 rings (SSSR count). The molecule has 0 radical (unpaired) electrons. The lowest BCUT2D eigenvalue weighted by Crippen LogP contribution is -2.40. The summed E-state index contributed by atoms with van der Waals surface area (Å²) >= 11 is 0. The highest BCUT2D eigenvalue weighted by Gasteiger charge is 2.27. The van der Waals surface area contributed by atoms with Gasteiger partial charge in [0, 0.05) is 44.6 Å². The molecule has 2 atom stereocenters. The highest BCUT2D eigenvalue weighted by molar-refractivity contribution is 5.45. The Bertz CT molecular complexity index is 1260. The summed E-state index contributed by atoms with van der Waals surface area (Å²) in [5, 5.41) is 12.9. The van der Waals surface area contributed by atoms with Crippen molar-refractivity contribution in [1.82, 2.24) is 5.32 Å². The molecule has 3 aromatic rings. The van der Waals surface area contributed by atoms with Crippen LogP contribution >= 0.6 is 0 Å². The van der Waals surface area contributed by atoms with Gasteiger partial charge in [-0.2, -0.15) is 5.26 Å². The summed E-state index contributed by atoms with van der Waals surface area (Å²) in [5.41, 5.74) is 3.80. The standard InChI is InChI=1S/C34H42N2O6/c1-37-17-5-20-41-33-21-26(9-10-28(33)22-35)24-42-34-23-36-16-15-31(34)27-11-13-30(14-12-27)40-19-6-18-39-25-29-7-3-4-8-32(29)38-2/h3-4,7-14,21,31,34,36H,5-6,15-20,23-25H2,1-2H3/t31-,34+/m1/s1. The number of para-hydroxylation sites is 1. The third kappa shape index (κ3) is 9.47. The van der Waals surface area contributed by atoms with Crippen LogP contribution in [0.3, 0.4) is 0 Å². The molecule has 8 nitrogen and oxygen atoms in total. The third-order valence-electron chi connectivity index (χ3n) is 7.27. The summed E-state index contributed by atoms with van der Waals surface area (Å²) in [4.78, 5) is 0. The third-order valence-corrected chi connectivity index (χ3v) is 7.27. The molecule has 1 heterocycles. The molecule has 1 aliphatic rings. The number of nitrogens with zero attached hydrogens (tertiary/aromatic N) is 1. The van der Waals surface area contributed by atoms with Crippen LogP contribution in [0.4, 0.5) is 0 Å². The number of piperidine rings is 1. The molecular formula is C34H42N2O6. The Morgan fingerprint density at radius 2 is 1.67 bits per heavy atom. The van der Waals surface area contributed by atoms with Crippen molar-refractivity contribution in [2.45, 2.75) is 44.5 Å². The maximum atomic E-state index is 9.45. The Labute approximate surface area is 249 Å². The second kappa shape index (κ2) is 17.4. The molecule has 0 unspecified atom stereocenters. The van der Waals surface area contributed by atoms with Crippen LogP contribution in [0.25, 0.3) is 0 Å². The second-order valence-corrected chi connectivity index (χ2v) is 10.2. The number of methoxy groups -OCH3 is 2. The van der Waals surface area contributed by atoms with Crippen molar-refractivity contribution < 1.29 is 28.4 Å². The topological polar surface area (TPSA) is 91.2 Å². The average molecular weight is 575 g/mol. The van der Waals surface area contributed by atoms with E-state index in [0.29, 0.717) is 51.0 Å². The van der Waals surface area contributed by atoms with Gasteiger partial charge in [0.25, 0.3) is 0 Å². The second-order valence-electron chi connectivity index (χ2n) is 10.2. The zero-order chi connectivity index (χ0) is 29.4. The molecular weight excluding hydrogens is 532 g/mol. The number of nitriles is 1. The molecule has 8 heteroatoms. The van der Waals surface area contributed by atoms with Gasteiger partial charge in [0.05, 0.1) is 51.8 Å². The molecule has 42 heavy (non-hydrogen) atoms. The zero-order valence-corrected chi connectivity index (χ0v) is 24.7. The van der Waals surface area contributed by atoms with E-state index in [4.69, 9.17) is 28.4 Å². The number of hydrogen-bond acceptors (Lipinski definition) is 8. The summed E-state index contributed by atoms with van der Waals surface area (Å²) < 4.78 is 34.5. The summed E-state index contributed by atoms with van der Waals surface area (Å²) in [6.45, 7) is 5.03. The fourth-order valence-corrected chi connectivity index (χ4v) is 5.01. The number of benzene rings is 3. The van der Waals surface area contributed by atoms with Crippen LogP contribution in [-0.4, -0.2) is 59.8 Å². The van der Waals surface area contributed by atoms with Crippen LogP contribution in [0.1, 0.15) is 47.4 Å². The fraction of sp³-hybridized carbons (Fsp3) is 0.441. The zero-order valence-electron chi connectivity index (χ0n) is 24.7. The Hall–Kier alpha value is -3.61. The van der Waals surface area contributed by atoms with Crippen molar-refractivity contribution in [3.05, 3.63) is 89.0 Å². The van der Waals surface area contributed by atoms with Gasteiger partial charge >= 0.3 is 0 Å². The molecule has 0 aliphatic carbocycles. The summed E-state index contributed by atoms with van der Waals surface area (Å²) in [7, 11) is 3.34. The largest absolute Gasteiger partial charge is 0.496 e. The Morgan fingerprint density at radius 1 is 0.857 bits per heavy atom. The minimum Gasteiger partial charge on any atom is -0.496 e. The minimum absolute atomic E-state index is 0.0348. The monoisotopic (exact) mass is 574 g/mol. The van der Waals surface area contributed by atoms with E-state index in [1.807, 2.05) is 48.5 Å². The van der Waals surface area contributed by atoms with Gasteiger partial charge in [-0.1, -0.05) is 36.4 Å². The first-order valence-electron chi connectivity index (χ1n) is 14.6. The van der Waals surface area contributed by atoms with Crippen LogP contribution in [0.15, 0.2) is 66.7 Å². The van der Waals surface area contributed by atoms with E-state index in [1.165, 1.54) is 5.56 Å². The molecule has 3 aromatic carbocycles. The molecule has 1 saturated heterocycles. The first-order valence-corrected chi connectivity index (χ1v) is 14.6. The van der Waals surface area contributed by atoms with Crippen molar-refractivity contribution >= 4 is 0 Å². The first-order chi connectivity index (χ1) is 20.7. The SMILES string of the molecule is COCCCOc1cc(CO[C@H]2CNCC[C@@H]2c2ccc(OCCCOCc3ccccc3OC)cc2)ccc1C#N. The van der Waals surface area contributed by atoms with Crippen molar-refractivity contribution in [2.24, 2.45) is 0 Å². The van der Waals surface area contributed by atoms with E-state index in [9.17, 15) is 5.26 Å². The van der Waals surface area contributed by atoms with Gasteiger partial charge in [-0.3, -0.25) is 0 Å². The van der Waals surface area contributed by atoms with Crippen molar-refractivity contribution in [2.75, 3.05) is 53.7 Å². The number of ether oxygens (including phenoxy) is 6. The highest BCUT2D eigenvalue weighted by atomic mass is 16.5. The van der Waals surface area contributed by atoms with E-state index >= 15 is 0 Å². The lowest BCUT2D eigenvalue weighted by molar-refractivity contribution is 0.0105. The lowest BCUT2D eigenvalue weighted by atomic mass is 9.87. The van der Waals surface area contributed by atoms with E-state index < -0.39 is 0 Å². The number of rotatable bonds is 17. The van der Waals surface area contributed by atoms with Gasteiger partial charge in [0.15, 0.2) is 0 Å². The first kappa shape index (κ1) is 31.3. The summed E-state index contributed by atoms with van der Waals surface area (Å²) in [6.07, 6.45) is 2.60. The maximum Gasteiger partial charge on any atom is 0.137 e. The van der Waals surface area contributed by atoms with Crippen molar-refractivity contribution in [1.29, 1.82) is 5.26 Å². The van der Waals surface area contributed by atoms with Gasteiger partial charge < -0.3 is 33.7 Å². The summed E-state index contributed by atoms with van der Waals surface area (Å²) in [5.74, 6) is 2.57. The lowest BCUT2D eigenvalue weighted by Gasteiger charge is -2.32. The van der Waals surface area contributed by atoms with E-state index in [0.717, 1.165) is 55.0 Å². The molecule has 1 N–H and O–H groups in total. The molecule has 0 aromatic heterocycles. The smallest absolute Gasteiger partial charge is 0.137 e. The Morgan fingerprint density at radius 3 is 2.48 bits per heavy atom. The molecule has 0 bridgehead atoms. The van der Waals surface area contributed by atoms with Crippen LogP contribution in [-0.2, 0) is 27.4 Å². The van der Waals surface area contributed by atoms with Gasteiger partial charge in [0.2, 0.25) is 0 Å². The Kier molecular flexibility index (Phi) is 13.0. The predicted molar refractivity (Wildman–Crippen MR) is 161 cm³/mol. The van der Waals surface area contributed by atoms with E-state index in [1.54, 1.807) is 20.3 Å². The molecule has 0 spiro atoms. The van der Waals surface area contributed by atoms with Crippen LogP contribution in [0, 0.1) is 11.3 Å². The van der Waals surface area contributed by atoms with Gasteiger partial charge in [-0.05, 0) is 54.4 Å². The van der Waals surface area contributed by atoms with Crippen LogP contribution < -0.4 is 19.5 Å². The normalized spacial score (nSPS) is 16.5. The van der Waals surface area contributed by atoms with Gasteiger partial charge in [-0.15, -0.1) is 0 Å².